The van der Waals surface area contributed by atoms with Crippen LogP contribution in [0.25, 0.3) is 0 Å². The Labute approximate surface area is 163 Å². The molecule has 2 saturated carbocycles. The average molecular weight is 390 g/mol. The molecule has 0 spiro atoms. The van der Waals surface area contributed by atoms with Gasteiger partial charge in [0.25, 0.3) is 0 Å². The van der Waals surface area contributed by atoms with Crippen LogP contribution in [0, 0.1) is 16.2 Å². The van der Waals surface area contributed by atoms with Gasteiger partial charge in [-0.1, -0.05) is 20.8 Å². The van der Waals surface area contributed by atoms with E-state index in [1.807, 2.05) is 20.8 Å². The van der Waals surface area contributed by atoms with Gasteiger partial charge in [-0.25, -0.2) is 4.79 Å². The number of carbonyl (C=O) groups is 3. The molecule has 3 aliphatic rings. The molecular weight excluding hydrogens is 362 g/mol. The number of esters is 1. The van der Waals surface area contributed by atoms with Crippen LogP contribution < -0.4 is 5.32 Å². The van der Waals surface area contributed by atoms with Crippen molar-refractivity contribution in [1.29, 1.82) is 0 Å². The third-order valence-corrected chi connectivity index (χ3v) is 9.14. The third kappa shape index (κ3) is 2.25. The molecule has 146 valence electrons. The number of methoxy groups -OCH3 is 1. The van der Waals surface area contributed by atoms with Gasteiger partial charge in [0.15, 0.2) is 0 Å². The quantitative estimate of drug-likeness (QED) is 0.789. The Kier molecular flexibility index (Phi) is 4.08. The monoisotopic (exact) mass is 389 g/mol. The number of nitrogens with one attached hydrogen (secondary N) is 1. The molecule has 1 aromatic heterocycles. The minimum absolute atomic E-state index is 0.120. The van der Waals surface area contributed by atoms with Crippen LogP contribution in [0.5, 0.6) is 0 Å². The summed E-state index contributed by atoms with van der Waals surface area (Å²) in [6.07, 6.45) is 5.69. The molecule has 1 amide bonds. The van der Waals surface area contributed by atoms with Crippen molar-refractivity contribution in [2.75, 3.05) is 12.4 Å². The highest BCUT2D eigenvalue weighted by Crippen LogP contribution is 2.70. The fourth-order valence-corrected chi connectivity index (χ4v) is 6.83. The maximum Gasteiger partial charge on any atom is 0.341 e. The average Bonchev–Trinajstić information content (AvgIpc) is 3.14. The van der Waals surface area contributed by atoms with E-state index in [1.165, 1.54) is 23.3 Å². The van der Waals surface area contributed by atoms with E-state index in [2.05, 4.69) is 5.32 Å². The molecule has 0 radical (unpaired) electrons. The van der Waals surface area contributed by atoms with Gasteiger partial charge in [-0.2, -0.15) is 0 Å². The second-order valence-electron chi connectivity index (χ2n) is 9.00. The number of ketones is 1. The van der Waals surface area contributed by atoms with Crippen molar-refractivity contribution < 1.29 is 19.1 Å². The van der Waals surface area contributed by atoms with E-state index in [0.717, 1.165) is 37.7 Å². The first-order valence-corrected chi connectivity index (χ1v) is 10.6. The Morgan fingerprint density at radius 2 is 1.81 bits per heavy atom. The molecule has 2 unspecified atom stereocenters. The van der Waals surface area contributed by atoms with E-state index in [-0.39, 0.29) is 17.7 Å². The largest absolute Gasteiger partial charge is 0.465 e. The van der Waals surface area contributed by atoms with Gasteiger partial charge in [0, 0.05) is 16.7 Å². The Morgan fingerprint density at radius 1 is 1.11 bits per heavy atom. The molecule has 3 aliphatic carbocycles. The summed E-state index contributed by atoms with van der Waals surface area (Å²) in [4.78, 5) is 39.7. The molecule has 0 saturated heterocycles. The number of anilines is 1. The first-order valence-electron chi connectivity index (χ1n) is 9.75. The summed E-state index contributed by atoms with van der Waals surface area (Å²) in [5.74, 6) is -0.321. The topological polar surface area (TPSA) is 72.5 Å². The van der Waals surface area contributed by atoms with Gasteiger partial charge in [0.1, 0.15) is 10.8 Å². The molecule has 0 aliphatic heterocycles. The smallest absolute Gasteiger partial charge is 0.341 e. The zero-order valence-corrected chi connectivity index (χ0v) is 17.3. The van der Waals surface area contributed by atoms with Crippen molar-refractivity contribution in [2.45, 2.75) is 65.7 Å². The molecule has 4 rings (SSSR count). The lowest BCUT2D eigenvalue weighted by Crippen LogP contribution is -2.43. The number of thiophene rings is 1. The molecule has 6 heteroatoms. The van der Waals surface area contributed by atoms with Gasteiger partial charge < -0.3 is 10.1 Å². The number of fused-ring (bicyclic) bond motifs is 3. The fourth-order valence-electron chi connectivity index (χ4n) is 5.56. The Morgan fingerprint density at radius 3 is 2.41 bits per heavy atom. The standard InChI is InChI=1S/C21H27NO4S/c1-19(2)20(3)9-10-21(19,11-14(20)23)18(25)22-16-15(17(24)26-4)12-7-5-6-8-13(12)27-16/h5-11H2,1-4H3,(H,22,25). The highest BCUT2D eigenvalue weighted by atomic mass is 32.1. The molecule has 1 aromatic rings. The normalized spacial score (nSPS) is 30.9. The van der Waals surface area contributed by atoms with E-state index in [1.54, 1.807) is 0 Å². The Hall–Kier alpha value is -1.69. The number of carbonyl (C=O) groups excluding carboxylic acids is 3. The van der Waals surface area contributed by atoms with E-state index in [4.69, 9.17) is 4.74 Å². The van der Waals surface area contributed by atoms with E-state index >= 15 is 0 Å². The summed E-state index contributed by atoms with van der Waals surface area (Å²) in [5.41, 5.74) is 0.0125. The van der Waals surface area contributed by atoms with Gasteiger partial charge >= 0.3 is 5.97 Å². The second-order valence-corrected chi connectivity index (χ2v) is 10.1. The lowest BCUT2D eigenvalue weighted by molar-refractivity contribution is -0.131. The van der Waals surface area contributed by atoms with Crippen molar-refractivity contribution in [2.24, 2.45) is 16.2 Å². The first-order chi connectivity index (χ1) is 12.7. The van der Waals surface area contributed by atoms with Crippen LogP contribution in [0.3, 0.4) is 0 Å². The van der Waals surface area contributed by atoms with E-state index in [9.17, 15) is 14.4 Å². The number of aryl methyl sites for hydroxylation is 1. The summed E-state index contributed by atoms with van der Waals surface area (Å²) in [6.45, 7) is 6.09. The minimum Gasteiger partial charge on any atom is -0.465 e. The molecule has 5 nitrogen and oxygen atoms in total. The van der Waals surface area contributed by atoms with E-state index in [0.29, 0.717) is 23.4 Å². The number of amides is 1. The van der Waals surface area contributed by atoms with Crippen molar-refractivity contribution in [3.8, 4) is 0 Å². The van der Waals surface area contributed by atoms with Gasteiger partial charge in [0.2, 0.25) is 5.91 Å². The van der Waals surface area contributed by atoms with Crippen LogP contribution in [-0.2, 0) is 27.2 Å². The molecule has 2 fully saturated rings. The number of Topliss-reactive ketones (excluding diaryl/α,β-unsaturated/α-hetero) is 1. The minimum atomic E-state index is -0.698. The van der Waals surface area contributed by atoms with Gasteiger partial charge in [0.05, 0.1) is 18.1 Å². The Balaban J connectivity index is 1.71. The zero-order valence-electron chi connectivity index (χ0n) is 16.5. The summed E-state index contributed by atoms with van der Waals surface area (Å²) >= 11 is 1.50. The predicted molar refractivity (Wildman–Crippen MR) is 104 cm³/mol. The SMILES string of the molecule is COC(=O)c1c(NC(=O)C23CCC(C)(C(=O)C2)C3(C)C)sc2c1CCCC2. The van der Waals surface area contributed by atoms with Crippen molar-refractivity contribution in [1.82, 2.24) is 0 Å². The predicted octanol–water partition coefficient (Wildman–Crippen LogP) is 4.14. The second kappa shape index (κ2) is 5.90. The molecule has 27 heavy (non-hydrogen) atoms. The van der Waals surface area contributed by atoms with Crippen LogP contribution in [-0.4, -0.2) is 24.8 Å². The molecular formula is C21H27NO4S. The van der Waals surface area contributed by atoms with E-state index < -0.39 is 16.2 Å². The fraction of sp³-hybridized carbons (Fsp3) is 0.667. The first kappa shape index (κ1) is 18.7. The van der Waals surface area contributed by atoms with Gasteiger partial charge in [-0.15, -0.1) is 11.3 Å². The Bertz CT molecular complexity index is 855. The number of hydrogen-bond acceptors (Lipinski definition) is 5. The van der Waals surface area contributed by atoms with Crippen LogP contribution >= 0.6 is 11.3 Å². The van der Waals surface area contributed by atoms with Crippen LogP contribution in [0.4, 0.5) is 5.00 Å². The van der Waals surface area contributed by atoms with Gasteiger partial charge in [-0.3, -0.25) is 9.59 Å². The lowest BCUT2D eigenvalue weighted by atomic mass is 9.64. The highest BCUT2D eigenvalue weighted by Gasteiger charge is 2.72. The van der Waals surface area contributed by atoms with Crippen LogP contribution in [0.15, 0.2) is 0 Å². The maximum absolute atomic E-state index is 13.5. The summed E-state index contributed by atoms with van der Waals surface area (Å²) in [5, 5.41) is 3.66. The van der Waals surface area contributed by atoms with Gasteiger partial charge in [-0.05, 0) is 49.5 Å². The summed E-state index contributed by atoms with van der Waals surface area (Å²) in [7, 11) is 1.38. The molecule has 0 aromatic carbocycles. The molecule has 2 bridgehead atoms. The molecule has 1 N–H and O–H groups in total. The lowest BCUT2D eigenvalue weighted by Gasteiger charge is -2.38. The number of ether oxygens (including phenoxy) is 1. The van der Waals surface area contributed by atoms with Crippen molar-refractivity contribution in [3.63, 3.8) is 0 Å². The van der Waals surface area contributed by atoms with Crippen molar-refractivity contribution in [3.05, 3.63) is 16.0 Å². The summed E-state index contributed by atoms with van der Waals surface area (Å²) in [6, 6.07) is 0. The maximum atomic E-state index is 13.5. The third-order valence-electron chi connectivity index (χ3n) is 7.93. The van der Waals surface area contributed by atoms with Crippen LogP contribution in [0.1, 0.15) is 73.7 Å². The molecule has 1 heterocycles. The summed E-state index contributed by atoms with van der Waals surface area (Å²) < 4.78 is 5.00. The number of rotatable bonds is 3. The zero-order chi connectivity index (χ0) is 19.6. The van der Waals surface area contributed by atoms with Crippen molar-refractivity contribution >= 4 is 34.0 Å². The number of hydrogen-bond donors (Lipinski definition) is 1. The van der Waals surface area contributed by atoms with Crippen LogP contribution in [0.2, 0.25) is 0 Å². The highest BCUT2D eigenvalue weighted by molar-refractivity contribution is 7.17. The molecule has 2 atom stereocenters.